The Hall–Kier alpha value is -2.06. The lowest BCUT2D eigenvalue weighted by Gasteiger charge is -2.16. The van der Waals surface area contributed by atoms with Crippen LogP contribution in [0.25, 0.3) is 0 Å². The van der Waals surface area contributed by atoms with Gasteiger partial charge in [-0.3, -0.25) is 10.1 Å². The molecule has 0 radical (unpaired) electrons. The van der Waals surface area contributed by atoms with Gasteiger partial charge in [-0.25, -0.2) is 0 Å². The summed E-state index contributed by atoms with van der Waals surface area (Å²) in [6, 6.07) is 3.96. The number of hydrogen-bond donors (Lipinski definition) is 2. The number of furan rings is 1. The standard InChI is InChI=1S/C14H23N5O3/c1-17(2)10-13-4-3-12(22-13)9-15-5-7-18-8-6-16-14(18)11-19(20)21/h3-4,11,15-16H,5-10H2,1-2H3. The van der Waals surface area contributed by atoms with Crippen molar-refractivity contribution in [2.75, 3.05) is 40.3 Å². The first-order valence-electron chi connectivity index (χ1n) is 7.32. The quantitative estimate of drug-likeness (QED) is 0.408. The Morgan fingerprint density at radius 2 is 2.27 bits per heavy atom. The molecule has 22 heavy (non-hydrogen) atoms. The van der Waals surface area contributed by atoms with E-state index >= 15 is 0 Å². The topological polar surface area (TPSA) is 86.8 Å². The van der Waals surface area contributed by atoms with Gasteiger partial charge in [0.2, 0.25) is 0 Å². The zero-order chi connectivity index (χ0) is 15.9. The predicted octanol–water partition coefficient (Wildman–Crippen LogP) is 0.412. The predicted molar refractivity (Wildman–Crippen MR) is 82.5 cm³/mol. The Bertz CT molecular complexity index is 526. The average Bonchev–Trinajstić information content (AvgIpc) is 3.03. The minimum Gasteiger partial charge on any atom is -0.463 e. The van der Waals surface area contributed by atoms with Crippen LogP contribution in [0.4, 0.5) is 0 Å². The van der Waals surface area contributed by atoms with Gasteiger partial charge in [-0.05, 0) is 26.2 Å². The van der Waals surface area contributed by atoms with E-state index in [9.17, 15) is 10.1 Å². The van der Waals surface area contributed by atoms with Crippen LogP contribution in [0.3, 0.4) is 0 Å². The zero-order valence-electron chi connectivity index (χ0n) is 13.0. The van der Waals surface area contributed by atoms with E-state index in [1.807, 2.05) is 31.1 Å². The van der Waals surface area contributed by atoms with Crippen molar-refractivity contribution >= 4 is 0 Å². The summed E-state index contributed by atoms with van der Waals surface area (Å²) >= 11 is 0. The molecule has 0 spiro atoms. The number of hydrogen-bond acceptors (Lipinski definition) is 7. The highest BCUT2D eigenvalue weighted by Gasteiger charge is 2.18. The number of nitrogens with one attached hydrogen (secondary N) is 2. The molecule has 0 bridgehead atoms. The third-order valence-corrected chi connectivity index (χ3v) is 3.30. The minimum atomic E-state index is -0.427. The lowest BCUT2D eigenvalue weighted by atomic mass is 10.4. The number of rotatable bonds is 8. The minimum absolute atomic E-state index is 0.427. The molecule has 1 aromatic rings. The third kappa shape index (κ3) is 5.05. The fourth-order valence-electron chi connectivity index (χ4n) is 2.35. The molecule has 0 aliphatic carbocycles. The molecule has 2 heterocycles. The van der Waals surface area contributed by atoms with E-state index in [2.05, 4.69) is 15.5 Å². The summed E-state index contributed by atoms with van der Waals surface area (Å²) in [6.07, 6.45) is 1.02. The molecule has 2 rings (SSSR count). The van der Waals surface area contributed by atoms with Gasteiger partial charge in [0.25, 0.3) is 6.20 Å². The molecule has 0 aromatic carbocycles. The van der Waals surface area contributed by atoms with Crippen LogP contribution in [0.2, 0.25) is 0 Å². The molecule has 8 nitrogen and oxygen atoms in total. The smallest absolute Gasteiger partial charge is 0.274 e. The van der Waals surface area contributed by atoms with Gasteiger partial charge >= 0.3 is 0 Å². The van der Waals surface area contributed by atoms with Gasteiger partial charge in [-0.2, -0.15) is 0 Å². The van der Waals surface area contributed by atoms with E-state index in [0.29, 0.717) is 12.4 Å². The largest absolute Gasteiger partial charge is 0.463 e. The fourth-order valence-corrected chi connectivity index (χ4v) is 2.35. The molecule has 2 N–H and O–H groups in total. The second kappa shape index (κ2) is 7.81. The van der Waals surface area contributed by atoms with E-state index in [0.717, 1.165) is 50.4 Å². The Morgan fingerprint density at radius 3 is 3.00 bits per heavy atom. The first kappa shape index (κ1) is 16.3. The number of nitrogens with zero attached hydrogens (tertiary/aromatic N) is 3. The zero-order valence-corrected chi connectivity index (χ0v) is 13.0. The van der Waals surface area contributed by atoms with Gasteiger partial charge in [-0.15, -0.1) is 0 Å². The molecule has 1 saturated heterocycles. The van der Waals surface area contributed by atoms with Gasteiger partial charge in [0, 0.05) is 26.2 Å². The van der Waals surface area contributed by atoms with Crippen LogP contribution in [0, 0.1) is 10.1 Å². The van der Waals surface area contributed by atoms with E-state index in [4.69, 9.17) is 4.42 Å². The highest BCUT2D eigenvalue weighted by Crippen LogP contribution is 2.09. The van der Waals surface area contributed by atoms with Crippen LogP contribution in [0.15, 0.2) is 28.6 Å². The highest BCUT2D eigenvalue weighted by molar-refractivity contribution is 5.07. The summed E-state index contributed by atoms with van der Waals surface area (Å²) in [5.41, 5.74) is 0. The summed E-state index contributed by atoms with van der Waals surface area (Å²) in [5, 5.41) is 16.8. The molecule has 122 valence electrons. The van der Waals surface area contributed by atoms with Crippen molar-refractivity contribution in [3.8, 4) is 0 Å². The van der Waals surface area contributed by atoms with Gasteiger partial charge in [0.1, 0.15) is 11.5 Å². The SMILES string of the molecule is CN(C)Cc1ccc(CNCCN2CCNC2=C[N+](=O)[O-])o1. The van der Waals surface area contributed by atoms with Gasteiger partial charge in [-0.1, -0.05) is 0 Å². The molecular weight excluding hydrogens is 286 g/mol. The molecule has 0 unspecified atom stereocenters. The molecule has 1 aliphatic heterocycles. The Balaban J connectivity index is 1.70. The Morgan fingerprint density at radius 1 is 1.50 bits per heavy atom. The van der Waals surface area contributed by atoms with Crippen LogP contribution in [0.1, 0.15) is 11.5 Å². The van der Waals surface area contributed by atoms with Crippen LogP contribution in [-0.4, -0.2) is 55.0 Å². The second-order valence-electron chi connectivity index (χ2n) is 5.50. The van der Waals surface area contributed by atoms with Crippen LogP contribution >= 0.6 is 0 Å². The Labute approximate surface area is 129 Å². The normalized spacial score (nSPS) is 16.5. The van der Waals surface area contributed by atoms with Gasteiger partial charge in [0.05, 0.1) is 18.0 Å². The average molecular weight is 309 g/mol. The maximum absolute atomic E-state index is 10.5. The van der Waals surface area contributed by atoms with Gasteiger partial charge < -0.3 is 24.9 Å². The third-order valence-electron chi connectivity index (χ3n) is 3.30. The van der Waals surface area contributed by atoms with E-state index in [-0.39, 0.29) is 0 Å². The molecule has 0 saturated carbocycles. The summed E-state index contributed by atoms with van der Waals surface area (Å²) in [6.45, 7) is 4.43. The maximum Gasteiger partial charge on any atom is 0.274 e. The van der Waals surface area contributed by atoms with Crippen LogP contribution < -0.4 is 10.6 Å². The van der Waals surface area contributed by atoms with E-state index in [1.54, 1.807) is 0 Å². The van der Waals surface area contributed by atoms with E-state index < -0.39 is 4.92 Å². The van der Waals surface area contributed by atoms with Crippen molar-refractivity contribution in [2.45, 2.75) is 13.1 Å². The first-order chi connectivity index (χ1) is 10.5. The van der Waals surface area contributed by atoms with Crippen molar-refractivity contribution in [1.82, 2.24) is 20.4 Å². The molecule has 1 fully saturated rings. The summed E-state index contributed by atoms with van der Waals surface area (Å²) < 4.78 is 5.71. The van der Waals surface area contributed by atoms with E-state index in [1.165, 1.54) is 0 Å². The summed E-state index contributed by atoms with van der Waals surface area (Å²) in [5.74, 6) is 2.43. The number of nitro groups is 1. The fraction of sp³-hybridized carbons (Fsp3) is 0.571. The molecule has 0 atom stereocenters. The molecule has 0 amide bonds. The second-order valence-corrected chi connectivity index (χ2v) is 5.50. The van der Waals surface area contributed by atoms with Crippen molar-refractivity contribution in [1.29, 1.82) is 0 Å². The molecule has 1 aromatic heterocycles. The lowest BCUT2D eigenvalue weighted by molar-refractivity contribution is -0.404. The molecular formula is C14H23N5O3. The van der Waals surface area contributed by atoms with Crippen molar-refractivity contribution < 1.29 is 9.34 Å². The highest BCUT2D eigenvalue weighted by atomic mass is 16.6. The van der Waals surface area contributed by atoms with Crippen LogP contribution in [-0.2, 0) is 13.1 Å². The lowest BCUT2D eigenvalue weighted by Crippen LogP contribution is -2.30. The van der Waals surface area contributed by atoms with Gasteiger partial charge in [0.15, 0.2) is 5.82 Å². The monoisotopic (exact) mass is 309 g/mol. The van der Waals surface area contributed by atoms with Crippen molar-refractivity contribution in [3.63, 3.8) is 0 Å². The summed E-state index contributed by atoms with van der Waals surface area (Å²) in [4.78, 5) is 14.1. The van der Waals surface area contributed by atoms with Crippen LogP contribution in [0.5, 0.6) is 0 Å². The summed E-state index contributed by atoms with van der Waals surface area (Å²) in [7, 11) is 4.00. The molecule has 8 heteroatoms. The first-order valence-corrected chi connectivity index (χ1v) is 7.32. The van der Waals surface area contributed by atoms with Crippen molar-refractivity contribution in [3.05, 3.63) is 45.8 Å². The Kier molecular flexibility index (Phi) is 5.79. The molecule has 1 aliphatic rings. The van der Waals surface area contributed by atoms with Crippen molar-refractivity contribution in [2.24, 2.45) is 0 Å². The maximum atomic E-state index is 10.5.